The molecule has 58 valence electrons. The van der Waals surface area contributed by atoms with E-state index in [9.17, 15) is 0 Å². The van der Waals surface area contributed by atoms with Gasteiger partial charge in [-0.15, -0.1) is 0 Å². The minimum absolute atomic E-state index is 0.605. The third-order valence-corrected chi connectivity index (χ3v) is 3.39. The van der Waals surface area contributed by atoms with Gasteiger partial charge in [-0.1, -0.05) is 6.92 Å². The fourth-order valence-electron chi connectivity index (χ4n) is 2.90. The highest BCUT2D eigenvalue weighted by molar-refractivity contribution is 4.94. The second-order valence-electron chi connectivity index (χ2n) is 3.99. The maximum Gasteiger partial charge on any atom is 0.0604 e. The van der Waals surface area contributed by atoms with Crippen molar-refractivity contribution in [1.29, 1.82) is 0 Å². The summed E-state index contributed by atoms with van der Waals surface area (Å²) in [7, 11) is 1.86. The van der Waals surface area contributed by atoms with Crippen molar-refractivity contribution in [3.05, 3.63) is 0 Å². The molecule has 2 bridgehead atoms. The minimum Gasteiger partial charge on any atom is -0.381 e. The molecule has 0 saturated heterocycles. The number of rotatable bonds is 1. The lowest BCUT2D eigenvalue weighted by Crippen LogP contribution is -2.24. The van der Waals surface area contributed by atoms with E-state index in [1.54, 1.807) is 0 Å². The van der Waals surface area contributed by atoms with E-state index in [1.807, 2.05) is 7.11 Å². The van der Waals surface area contributed by atoms with Gasteiger partial charge in [0.05, 0.1) is 6.10 Å². The molecule has 2 fully saturated rings. The fourth-order valence-corrected chi connectivity index (χ4v) is 2.90. The van der Waals surface area contributed by atoms with Crippen molar-refractivity contribution in [3.63, 3.8) is 0 Å². The first-order valence-electron chi connectivity index (χ1n) is 4.34. The van der Waals surface area contributed by atoms with Gasteiger partial charge < -0.3 is 4.74 Å². The van der Waals surface area contributed by atoms with Gasteiger partial charge >= 0.3 is 0 Å². The summed E-state index contributed by atoms with van der Waals surface area (Å²) in [6, 6.07) is 0. The van der Waals surface area contributed by atoms with Crippen molar-refractivity contribution in [2.75, 3.05) is 7.11 Å². The average molecular weight is 140 g/mol. The molecule has 2 saturated carbocycles. The van der Waals surface area contributed by atoms with Crippen molar-refractivity contribution < 1.29 is 4.74 Å². The molecule has 0 radical (unpaired) electrons. The molecule has 10 heavy (non-hydrogen) atoms. The Labute approximate surface area is 62.8 Å². The van der Waals surface area contributed by atoms with E-state index in [2.05, 4.69) is 6.92 Å². The second-order valence-corrected chi connectivity index (χ2v) is 3.99. The van der Waals surface area contributed by atoms with Crippen LogP contribution in [-0.2, 0) is 4.74 Å². The van der Waals surface area contributed by atoms with Gasteiger partial charge in [0.25, 0.3) is 0 Å². The van der Waals surface area contributed by atoms with Crippen LogP contribution in [0.2, 0.25) is 0 Å². The molecule has 4 unspecified atom stereocenters. The van der Waals surface area contributed by atoms with E-state index in [0.29, 0.717) is 6.10 Å². The summed E-state index contributed by atoms with van der Waals surface area (Å²) in [6.45, 7) is 2.37. The largest absolute Gasteiger partial charge is 0.381 e. The van der Waals surface area contributed by atoms with Crippen molar-refractivity contribution in [1.82, 2.24) is 0 Å². The van der Waals surface area contributed by atoms with E-state index in [0.717, 1.165) is 17.8 Å². The fraction of sp³-hybridized carbons (Fsp3) is 1.00. The van der Waals surface area contributed by atoms with Crippen LogP contribution in [0, 0.1) is 17.8 Å². The van der Waals surface area contributed by atoms with Crippen LogP contribution in [0.5, 0.6) is 0 Å². The van der Waals surface area contributed by atoms with E-state index >= 15 is 0 Å². The van der Waals surface area contributed by atoms with Gasteiger partial charge in [-0.2, -0.15) is 0 Å². The van der Waals surface area contributed by atoms with Crippen LogP contribution in [0.25, 0.3) is 0 Å². The van der Waals surface area contributed by atoms with Crippen molar-refractivity contribution in [2.45, 2.75) is 32.3 Å². The summed E-state index contributed by atoms with van der Waals surface area (Å²) >= 11 is 0. The number of hydrogen-bond donors (Lipinski definition) is 0. The summed E-state index contributed by atoms with van der Waals surface area (Å²) in [4.78, 5) is 0. The van der Waals surface area contributed by atoms with E-state index < -0.39 is 0 Å². The van der Waals surface area contributed by atoms with Gasteiger partial charge in [0.15, 0.2) is 0 Å². The van der Waals surface area contributed by atoms with Gasteiger partial charge in [0.2, 0.25) is 0 Å². The Morgan fingerprint density at radius 1 is 1.20 bits per heavy atom. The highest BCUT2D eigenvalue weighted by Crippen LogP contribution is 2.49. The molecule has 0 spiro atoms. The first kappa shape index (κ1) is 6.66. The first-order valence-corrected chi connectivity index (χ1v) is 4.34. The van der Waals surface area contributed by atoms with Crippen LogP contribution >= 0.6 is 0 Å². The Morgan fingerprint density at radius 2 is 2.00 bits per heavy atom. The van der Waals surface area contributed by atoms with Gasteiger partial charge in [-0.3, -0.25) is 0 Å². The number of fused-ring (bicyclic) bond motifs is 2. The molecule has 0 aromatic rings. The molecule has 0 aromatic heterocycles. The van der Waals surface area contributed by atoms with Crippen molar-refractivity contribution >= 4 is 0 Å². The van der Waals surface area contributed by atoms with Crippen LogP contribution in [0.3, 0.4) is 0 Å². The van der Waals surface area contributed by atoms with Crippen molar-refractivity contribution in [2.24, 2.45) is 17.8 Å². The molecule has 1 nitrogen and oxygen atoms in total. The van der Waals surface area contributed by atoms with Crippen LogP contribution < -0.4 is 0 Å². The highest BCUT2D eigenvalue weighted by atomic mass is 16.5. The molecular formula is C9H16O. The molecule has 2 rings (SSSR count). The zero-order valence-corrected chi connectivity index (χ0v) is 6.84. The maximum atomic E-state index is 5.42. The topological polar surface area (TPSA) is 9.23 Å². The molecule has 0 amide bonds. The zero-order valence-electron chi connectivity index (χ0n) is 6.84. The van der Waals surface area contributed by atoms with Crippen LogP contribution in [0.15, 0.2) is 0 Å². The normalized spacial score (nSPS) is 52.2. The number of methoxy groups -OCH3 is 1. The average Bonchev–Trinajstić information content (AvgIpc) is 2.44. The maximum absolute atomic E-state index is 5.42. The highest BCUT2D eigenvalue weighted by Gasteiger charge is 2.44. The smallest absolute Gasteiger partial charge is 0.0604 e. The molecule has 0 N–H and O–H groups in total. The third-order valence-electron chi connectivity index (χ3n) is 3.39. The summed E-state index contributed by atoms with van der Waals surface area (Å²) in [6.07, 6.45) is 4.85. The summed E-state index contributed by atoms with van der Waals surface area (Å²) < 4.78 is 5.42. The van der Waals surface area contributed by atoms with Crippen LogP contribution in [0.4, 0.5) is 0 Å². The van der Waals surface area contributed by atoms with Gasteiger partial charge in [-0.05, 0) is 37.0 Å². The monoisotopic (exact) mass is 140 g/mol. The van der Waals surface area contributed by atoms with Gasteiger partial charge in [0, 0.05) is 7.11 Å². The molecule has 0 aliphatic heterocycles. The van der Waals surface area contributed by atoms with Crippen LogP contribution in [-0.4, -0.2) is 13.2 Å². The lowest BCUT2D eigenvalue weighted by atomic mass is 9.88. The Bertz CT molecular complexity index is 131. The Hall–Kier alpha value is -0.0400. The number of ether oxygens (including phenoxy) is 1. The zero-order chi connectivity index (χ0) is 7.14. The van der Waals surface area contributed by atoms with Crippen molar-refractivity contribution in [3.8, 4) is 0 Å². The molecule has 0 heterocycles. The molecule has 4 atom stereocenters. The molecule has 2 aliphatic carbocycles. The standard InChI is InChI=1S/C9H16O/c1-6-3-7-4-8(6)9(5-7)10-2/h6-9H,3-5H2,1-2H3. The van der Waals surface area contributed by atoms with Gasteiger partial charge in [0.1, 0.15) is 0 Å². The first-order chi connectivity index (χ1) is 4.81. The molecule has 2 aliphatic rings. The summed E-state index contributed by atoms with van der Waals surface area (Å²) in [5, 5.41) is 0. The van der Waals surface area contributed by atoms with E-state index in [4.69, 9.17) is 4.74 Å². The molecule has 0 aromatic carbocycles. The Balaban J connectivity index is 2.06. The second kappa shape index (κ2) is 2.23. The SMILES string of the molecule is COC1CC2CC(C)C1C2. The van der Waals surface area contributed by atoms with E-state index in [-0.39, 0.29) is 0 Å². The van der Waals surface area contributed by atoms with Crippen LogP contribution in [0.1, 0.15) is 26.2 Å². The predicted octanol–water partition coefficient (Wildman–Crippen LogP) is 2.07. The summed E-state index contributed by atoms with van der Waals surface area (Å²) in [5.74, 6) is 2.84. The lowest BCUT2D eigenvalue weighted by Gasteiger charge is -2.25. The molecule has 1 heteroatoms. The lowest BCUT2D eigenvalue weighted by molar-refractivity contribution is 0.0379. The predicted molar refractivity (Wildman–Crippen MR) is 40.8 cm³/mol. The Kier molecular flexibility index (Phi) is 1.48. The third kappa shape index (κ3) is 0.800. The minimum atomic E-state index is 0.605. The summed E-state index contributed by atoms with van der Waals surface area (Å²) in [5.41, 5.74) is 0. The van der Waals surface area contributed by atoms with E-state index in [1.165, 1.54) is 19.3 Å². The molecular weight excluding hydrogens is 124 g/mol. The quantitative estimate of drug-likeness (QED) is 0.541. The van der Waals surface area contributed by atoms with Gasteiger partial charge in [-0.25, -0.2) is 0 Å². The Morgan fingerprint density at radius 3 is 2.40 bits per heavy atom. The number of hydrogen-bond acceptors (Lipinski definition) is 1.